The highest BCUT2D eigenvalue weighted by Gasteiger charge is 2.28. The molecule has 1 saturated carbocycles. The lowest BCUT2D eigenvalue weighted by Crippen LogP contribution is -2.31. The summed E-state index contributed by atoms with van der Waals surface area (Å²) in [7, 11) is 0. The average molecular weight is 271 g/mol. The first-order valence-corrected chi connectivity index (χ1v) is 8.41. The third-order valence-corrected chi connectivity index (χ3v) is 5.32. The van der Waals surface area contributed by atoms with Crippen molar-refractivity contribution in [2.75, 3.05) is 11.9 Å². The van der Waals surface area contributed by atoms with Crippen molar-refractivity contribution >= 4 is 5.69 Å². The molecular formula is C19H29N. The molecule has 1 aliphatic carbocycles. The molecule has 0 saturated heterocycles. The summed E-state index contributed by atoms with van der Waals surface area (Å²) in [6.45, 7) is 8.11. The lowest BCUT2D eigenvalue weighted by Gasteiger charge is -2.35. The van der Waals surface area contributed by atoms with Crippen LogP contribution in [0.5, 0.6) is 0 Å². The molecule has 0 bridgehead atoms. The lowest BCUT2D eigenvalue weighted by molar-refractivity contribution is 0.252. The Morgan fingerprint density at radius 1 is 1.00 bits per heavy atom. The van der Waals surface area contributed by atoms with Crippen molar-refractivity contribution in [2.45, 2.75) is 64.7 Å². The smallest absolute Gasteiger partial charge is 0.0373 e. The van der Waals surface area contributed by atoms with Crippen LogP contribution in [0.4, 0.5) is 5.69 Å². The fourth-order valence-corrected chi connectivity index (χ4v) is 3.94. The maximum absolute atomic E-state index is 3.69. The van der Waals surface area contributed by atoms with Crippen molar-refractivity contribution in [1.82, 2.24) is 0 Å². The molecule has 3 rings (SSSR count). The number of rotatable bonds is 1. The Balaban J connectivity index is 1.78. The SMILES string of the molecule is CC(C)(C)c1ccc2c(c1)CC(C1CCCCC1)CN2. The number of hydrogen-bond acceptors (Lipinski definition) is 1. The first kappa shape index (κ1) is 14.0. The van der Waals surface area contributed by atoms with E-state index in [2.05, 4.69) is 44.3 Å². The molecule has 0 spiro atoms. The van der Waals surface area contributed by atoms with Gasteiger partial charge in [0.1, 0.15) is 0 Å². The molecule has 1 aromatic rings. The zero-order chi connectivity index (χ0) is 14.2. The van der Waals surface area contributed by atoms with E-state index < -0.39 is 0 Å². The highest BCUT2D eigenvalue weighted by molar-refractivity contribution is 5.55. The molecule has 1 nitrogen and oxygen atoms in total. The van der Waals surface area contributed by atoms with Crippen LogP contribution >= 0.6 is 0 Å². The molecule has 1 N–H and O–H groups in total. The fraction of sp³-hybridized carbons (Fsp3) is 0.684. The van der Waals surface area contributed by atoms with Gasteiger partial charge < -0.3 is 5.32 Å². The van der Waals surface area contributed by atoms with E-state index in [1.54, 1.807) is 5.56 Å². The third-order valence-electron chi connectivity index (χ3n) is 5.32. The number of fused-ring (bicyclic) bond motifs is 1. The minimum atomic E-state index is 0.257. The second-order valence-corrected chi connectivity index (χ2v) is 7.87. The molecule has 1 heteroatoms. The standard InChI is InChI=1S/C19H29N/c1-19(2,3)17-9-10-18-15(12-17)11-16(13-20-18)14-7-5-4-6-8-14/h9-10,12,14,16,20H,4-8,11,13H2,1-3H3. The molecule has 110 valence electrons. The number of anilines is 1. The van der Waals surface area contributed by atoms with Gasteiger partial charge in [-0.15, -0.1) is 0 Å². The largest absolute Gasteiger partial charge is 0.385 e. The van der Waals surface area contributed by atoms with Crippen LogP contribution in [-0.2, 0) is 11.8 Å². The summed E-state index contributed by atoms with van der Waals surface area (Å²) in [5.41, 5.74) is 4.67. The van der Waals surface area contributed by atoms with Gasteiger partial charge in [-0.1, -0.05) is 65.0 Å². The third kappa shape index (κ3) is 2.87. The normalized spacial score (nSPS) is 24.1. The summed E-state index contributed by atoms with van der Waals surface area (Å²) in [4.78, 5) is 0. The van der Waals surface area contributed by atoms with Crippen LogP contribution in [0.3, 0.4) is 0 Å². The monoisotopic (exact) mass is 271 g/mol. The van der Waals surface area contributed by atoms with Crippen LogP contribution in [0.25, 0.3) is 0 Å². The van der Waals surface area contributed by atoms with E-state index in [0.29, 0.717) is 0 Å². The van der Waals surface area contributed by atoms with Gasteiger partial charge in [0.25, 0.3) is 0 Å². The van der Waals surface area contributed by atoms with Crippen LogP contribution in [0.1, 0.15) is 64.0 Å². The Kier molecular flexibility index (Phi) is 3.79. The molecule has 1 aromatic carbocycles. The number of benzene rings is 1. The molecule has 1 fully saturated rings. The molecule has 2 aliphatic rings. The zero-order valence-corrected chi connectivity index (χ0v) is 13.3. The van der Waals surface area contributed by atoms with Crippen molar-refractivity contribution in [2.24, 2.45) is 11.8 Å². The Bertz CT molecular complexity index is 463. The molecule has 0 amide bonds. The maximum atomic E-state index is 3.69. The molecule has 1 atom stereocenters. The van der Waals surface area contributed by atoms with Gasteiger partial charge in [0.05, 0.1) is 0 Å². The minimum Gasteiger partial charge on any atom is -0.385 e. The van der Waals surface area contributed by atoms with Crippen molar-refractivity contribution in [1.29, 1.82) is 0 Å². The summed E-state index contributed by atoms with van der Waals surface area (Å²) in [6.07, 6.45) is 8.58. The number of nitrogens with one attached hydrogen (secondary N) is 1. The minimum absolute atomic E-state index is 0.257. The Labute approximate surface area is 124 Å². The van der Waals surface area contributed by atoms with Crippen molar-refractivity contribution in [3.05, 3.63) is 29.3 Å². The first-order chi connectivity index (χ1) is 9.54. The van der Waals surface area contributed by atoms with Gasteiger partial charge in [-0.3, -0.25) is 0 Å². The molecule has 1 heterocycles. The van der Waals surface area contributed by atoms with E-state index >= 15 is 0 Å². The molecule has 20 heavy (non-hydrogen) atoms. The van der Waals surface area contributed by atoms with E-state index in [-0.39, 0.29) is 5.41 Å². The molecule has 0 radical (unpaired) electrons. The lowest BCUT2D eigenvalue weighted by atomic mass is 9.75. The molecule has 1 aliphatic heterocycles. The summed E-state index contributed by atoms with van der Waals surface area (Å²) < 4.78 is 0. The summed E-state index contributed by atoms with van der Waals surface area (Å²) >= 11 is 0. The van der Waals surface area contributed by atoms with Gasteiger partial charge in [0, 0.05) is 12.2 Å². The van der Waals surface area contributed by atoms with Crippen LogP contribution < -0.4 is 5.32 Å². The number of hydrogen-bond donors (Lipinski definition) is 1. The van der Waals surface area contributed by atoms with Gasteiger partial charge in [-0.25, -0.2) is 0 Å². The molecular weight excluding hydrogens is 242 g/mol. The van der Waals surface area contributed by atoms with Crippen LogP contribution in [-0.4, -0.2) is 6.54 Å². The van der Waals surface area contributed by atoms with Crippen LogP contribution in [0.15, 0.2) is 18.2 Å². The van der Waals surface area contributed by atoms with Gasteiger partial charge in [-0.05, 0) is 40.9 Å². The Morgan fingerprint density at radius 3 is 2.45 bits per heavy atom. The first-order valence-electron chi connectivity index (χ1n) is 8.41. The van der Waals surface area contributed by atoms with Crippen LogP contribution in [0, 0.1) is 11.8 Å². The zero-order valence-electron chi connectivity index (χ0n) is 13.3. The molecule has 0 aromatic heterocycles. The predicted molar refractivity (Wildman–Crippen MR) is 87.4 cm³/mol. The second kappa shape index (κ2) is 5.42. The van der Waals surface area contributed by atoms with Crippen molar-refractivity contribution in [3.63, 3.8) is 0 Å². The second-order valence-electron chi connectivity index (χ2n) is 7.87. The predicted octanol–water partition coefficient (Wildman–Crippen LogP) is 5.15. The quantitative estimate of drug-likeness (QED) is 0.745. The van der Waals surface area contributed by atoms with Gasteiger partial charge in [0.15, 0.2) is 0 Å². The van der Waals surface area contributed by atoms with Crippen molar-refractivity contribution in [3.8, 4) is 0 Å². The fourth-order valence-electron chi connectivity index (χ4n) is 3.94. The Morgan fingerprint density at radius 2 is 1.75 bits per heavy atom. The highest BCUT2D eigenvalue weighted by Crippen LogP contribution is 2.37. The molecule has 1 unspecified atom stereocenters. The van der Waals surface area contributed by atoms with Gasteiger partial charge in [-0.2, -0.15) is 0 Å². The average Bonchev–Trinajstić information content (AvgIpc) is 2.46. The van der Waals surface area contributed by atoms with E-state index in [9.17, 15) is 0 Å². The van der Waals surface area contributed by atoms with Gasteiger partial charge >= 0.3 is 0 Å². The van der Waals surface area contributed by atoms with E-state index in [4.69, 9.17) is 0 Å². The highest BCUT2D eigenvalue weighted by atomic mass is 14.9. The van der Waals surface area contributed by atoms with E-state index in [0.717, 1.165) is 11.8 Å². The summed E-state index contributed by atoms with van der Waals surface area (Å²) in [5.74, 6) is 1.82. The van der Waals surface area contributed by atoms with E-state index in [1.165, 1.54) is 56.3 Å². The Hall–Kier alpha value is -0.980. The van der Waals surface area contributed by atoms with E-state index in [1.807, 2.05) is 0 Å². The topological polar surface area (TPSA) is 12.0 Å². The maximum Gasteiger partial charge on any atom is 0.0373 e. The van der Waals surface area contributed by atoms with Gasteiger partial charge in [0.2, 0.25) is 0 Å². The van der Waals surface area contributed by atoms with Crippen LogP contribution in [0.2, 0.25) is 0 Å². The summed E-state index contributed by atoms with van der Waals surface area (Å²) in [5, 5.41) is 3.69. The summed E-state index contributed by atoms with van der Waals surface area (Å²) in [6, 6.07) is 7.05. The van der Waals surface area contributed by atoms with Crippen molar-refractivity contribution < 1.29 is 0 Å².